The Balaban J connectivity index is 0.000000493. The fourth-order valence-corrected chi connectivity index (χ4v) is 3.96. The fraction of sp³-hybridized carbons (Fsp3) is 0.370. The van der Waals surface area contributed by atoms with Crippen LogP contribution in [-0.2, 0) is 19.1 Å². The molecule has 0 bridgehead atoms. The van der Waals surface area contributed by atoms with Gasteiger partial charge in [-0.2, -0.15) is 0 Å². The Bertz CT molecular complexity index is 971. The van der Waals surface area contributed by atoms with Gasteiger partial charge in [-0.3, -0.25) is 4.79 Å². The number of halogens is 1. The van der Waals surface area contributed by atoms with Crippen LogP contribution in [0.5, 0.6) is 0 Å². The molecule has 1 atom stereocenters. The summed E-state index contributed by atoms with van der Waals surface area (Å²) < 4.78 is 6.56. The van der Waals surface area contributed by atoms with Crippen molar-refractivity contribution in [2.24, 2.45) is 0 Å². The summed E-state index contributed by atoms with van der Waals surface area (Å²) in [6.07, 6.45) is 5.19. The fourth-order valence-electron chi connectivity index (χ4n) is 3.83. The molecule has 8 nitrogen and oxygen atoms in total. The van der Waals surface area contributed by atoms with E-state index in [1.165, 1.54) is 0 Å². The largest absolute Gasteiger partial charge is 0.481 e. The first kappa shape index (κ1) is 29.0. The highest BCUT2D eigenvalue weighted by Crippen LogP contribution is 2.30. The van der Waals surface area contributed by atoms with Gasteiger partial charge in [-0.25, -0.2) is 9.59 Å². The first-order chi connectivity index (χ1) is 17.2. The van der Waals surface area contributed by atoms with Crippen molar-refractivity contribution < 1.29 is 34.4 Å². The summed E-state index contributed by atoms with van der Waals surface area (Å²) >= 11 is 6.06. The maximum atomic E-state index is 10.6. The van der Waals surface area contributed by atoms with E-state index in [0.29, 0.717) is 12.2 Å². The maximum absolute atomic E-state index is 10.6. The van der Waals surface area contributed by atoms with E-state index in [9.17, 15) is 14.4 Å². The average molecular weight is 518 g/mol. The van der Waals surface area contributed by atoms with E-state index in [-0.39, 0.29) is 18.6 Å². The summed E-state index contributed by atoms with van der Waals surface area (Å²) in [7, 11) is 0. The number of unbranched alkanes of at least 4 members (excludes halogenated alkanes) is 1. The van der Waals surface area contributed by atoms with Crippen LogP contribution in [0.15, 0.2) is 66.7 Å². The lowest BCUT2D eigenvalue weighted by atomic mass is 10.00. The third kappa shape index (κ3) is 11.5. The Morgan fingerprint density at radius 3 is 1.97 bits per heavy atom. The molecular weight excluding hydrogens is 486 g/mol. The van der Waals surface area contributed by atoms with Gasteiger partial charge in [-0.15, -0.1) is 0 Å². The number of carboxylic acids is 3. The molecule has 1 aliphatic rings. The number of carboxylic acid groups (broad SMARTS) is 3. The first-order valence-electron chi connectivity index (χ1n) is 11.8. The van der Waals surface area contributed by atoms with Crippen LogP contribution in [-0.4, -0.2) is 63.9 Å². The molecule has 2 aromatic rings. The predicted octanol–water partition coefficient (Wildman–Crippen LogP) is 4.88. The molecule has 36 heavy (non-hydrogen) atoms. The monoisotopic (exact) mass is 517 g/mol. The smallest absolute Gasteiger partial charge is 0.328 e. The Kier molecular flexibility index (Phi) is 12.7. The standard InChI is InChI=1S/C23H28ClNO3.C4H4O4/c24-20-11-9-19(10-12-20)23(18-6-2-1-3-7-18)28-21-13-16-25(17-14-21)15-5-4-8-22(26)27;5-3(6)1-2-4(7)8/h1-3,6-7,9-12,21,23H,4-5,8,13-17H2,(H,26,27);1-2H,(H,5,6)(H,7,8)/b;2-1+. The third-order valence-corrected chi connectivity index (χ3v) is 5.87. The van der Waals surface area contributed by atoms with Crippen molar-refractivity contribution in [3.05, 3.63) is 82.9 Å². The van der Waals surface area contributed by atoms with E-state index >= 15 is 0 Å². The van der Waals surface area contributed by atoms with Crippen LogP contribution in [0, 0.1) is 0 Å². The molecule has 0 saturated carbocycles. The number of carbonyl (C=O) groups is 3. The highest BCUT2D eigenvalue weighted by Gasteiger charge is 2.24. The van der Waals surface area contributed by atoms with Crippen LogP contribution >= 0.6 is 11.6 Å². The molecule has 0 spiro atoms. The van der Waals surface area contributed by atoms with E-state index in [1.54, 1.807) is 0 Å². The zero-order chi connectivity index (χ0) is 26.3. The van der Waals surface area contributed by atoms with Crippen LogP contribution in [0.1, 0.15) is 49.3 Å². The lowest BCUT2D eigenvalue weighted by molar-refractivity contribution is -0.137. The summed E-state index contributed by atoms with van der Waals surface area (Å²) in [5.74, 6) is -3.22. The molecule has 1 heterocycles. The molecule has 194 valence electrons. The molecular formula is C27H32ClNO7. The molecule has 3 rings (SSSR count). The Hall–Kier alpha value is -3.20. The van der Waals surface area contributed by atoms with Gasteiger partial charge in [0.1, 0.15) is 6.10 Å². The van der Waals surface area contributed by atoms with Gasteiger partial charge in [-0.1, -0.05) is 54.1 Å². The first-order valence-corrected chi connectivity index (χ1v) is 12.2. The molecule has 1 unspecified atom stereocenters. The molecule has 1 fully saturated rings. The zero-order valence-electron chi connectivity index (χ0n) is 20.0. The second kappa shape index (κ2) is 15.7. The lowest BCUT2D eigenvalue weighted by Crippen LogP contribution is -2.38. The third-order valence-electron chi connectivity index (χ3n) is 5.62. The number of piperidine rings is 1. The van der Waals surface area contributed by atoms with Gasteiger partial charge in [0.15, 0.2) is 0 Å². The van der Waals surface area contributed by atoms with Crippen molar-refractivity contribution in [1.82, 2.24) is 4.90 Å². The van der Waals surface area contributed by atoms with E-state index in [4.69, 9.17) is 31.7 Å². The predicted molar refractivity (Wildman–Crippen MR) is 136 cm³/mol. The van der Waals surface area contributed by atoms with E-state index in [1.807, 2.05) is 42.5 Å². The summed E-state index contributed by atoms with van der Waals surface area (Å²) in [5.41, 5.74) is 2.27. The Labute approximate surface area is 215 Å². The van der Waals surface area contributed by atoms with Crippen LogP contribution < -0.4 is 0 Å². The SMILES string of the molecule is O=C(O)/C=C/C(=O)O.O=C(O)CCCCN1CCC(OC(c2ccccc2)c2ccc(Cl)cc2)CC1. The number of likely N-dealkylation sites (tertiary alicyclic amines) is 1. The van der Waals surface area contributed by atoms with Crippen LogP contribution in [0.2, 0.25) is 5.02 Å². The van der Waals surface area contributed by atoms with Gasteiger partial charge in [0.2, 0.25) is 0 Å². The van der Waals surface area contributed by atoms with Gasteiger partial charge < -0.3 is 25.0 Å². The second-order valence-electron chi connectivity index (χ2n) is 8.38. The molecule has 0 aliphatic carbocycles. The summed E-state index contributed by atoms with van der Waals surface area (Å²) in [5, 5.41) is 25.1. The summed E-state index contributed by atoms with van der Waals surface area (Å²) in [6, 6.07) is 18.2. The molecule has 0 radical (unpaired) electrons. The van der Waals surface area contributed by atoms with Crippen LogP contribution in [0.3, 0.4) is 0 Å². The van der Waals surface area contributed by atoms with Gasteiger partial charge >= 0.3 is 17.9 Å². The summed E-state index contributed by atoms with van der Waals surface area (Å²) in [6.45, 7) is 2.97. The van der Waals surface area contributed by atoms with Gasteiger partial charge in [0, 0.05) is 36.7 Å². The number of nitrogens with zero attached hydrogens (tertiary/aromatic N) is 1. The minimum Gasteiger partial charge on any atom is -0.481 e. The van der Waals surface area contributed by atoms with Crippen molar-refractivity contribution in [3.8, 4) is 0 Å². The van der Waals surface area contributed by atoms with Gasteiger partial charge in [-0.05, 0) is 55.5 Å². The Morgan fingerprint density at radius 2 is 1.44 bits per heavy atom. The van der Waals surface area contributed by atoms with Gasteiger partial charge in [0.25, 0.3) is 0 Å². The number of benzene rings is 2. The molecule has 1 saturated heterocycles. The van der Waals surface area contributed by atoms with E-state index in [2.05, 4.69) is 17.0 Å². The van der Waals surface area contributed by atoms with Crippen molar-refractivity contribution in [3.63, 3.8) is 0 Å². The zero-order valence-corrected chi connectivity index (χ0v) is 20.7. The number of rotatable bonds is 11. The number of hydrogen-bond acceptors (Lipinski definition) is 5. The minimum atomic E-state index is -1.26. The van der Waals surface area contributed by atoms with E-state index < -0.39 is 17.9 Å². The normalized spacial score (nSPS) is 15.1. The maximum Gasteiger partial charge on any atom is 0.328 e. The topological polar surface area (TPSA) is 124 Å². The molecule has 9 heteroatoms. The van der Waals surface area contributed by atoms with E-state index in [0.717, 1.165) is 61.5 Å². The van der Waals surface area contributed by atoms with Gasteiger partial charge in [0.05, 0.1) is 6.10 Å². The van der Waals surface area contributed by atoms with Crippen molar-refractivity contribution in [1.29, 1.82) is 0 Å². The van der Waals surface area contributed by atoms with Crippen molar-refractivity contribution in [2.75, 3.05) is 19.6 Å². The second-order valence-corrected chi connectivity index (χ2v) is 8.82. The van der Waals surface area contributed by atoms with Crippen molar-refractivity contribution >= 4 is 29.5 Å². The molecule has 3 N–H and O–H groups in total. The molecule has 1 aliphatic heterocycles. The quantitative estimate of drug-likeness (QED) is 0.284. The van der Waals surface area contributed by atoms with Crippen LogP contribution in [0.25, 0.3) is 0 Å². The molecule has 0 amide bonds. The average Bonchev–Trinajstić information content (AvgIpc) is 2.86. The molecule has 2 aromatic carbocycles. The Morgan fingerprint density at radius 1 is 0.889 bits per heavy atom. The number of ether oxygens (including phenoxy) is 1. The highest BCUT2D eigenvalue weighted by atomic mass is 35.5. The molecule has 0 aromatic heterocycles. The number of aliphatic carboxylic acids is 3. The van der Waals surface area contributed by atoms with Crippen molar-refractivity contribution in [2.45, 2.75) is 44.3 Å². The number of hydrogen-bond donors (Lipinski definition) is 3. The minimum absolute atomic E-state index is 0.0921. The van der Waals surface area contributed by atoms with Crippen LogP contribution in [0.4, 0.5) is 0 Å². The summed E-state index contributed by atoms with van der Waals surface area (Å²) in [4.78, 5) is 32.1. The lowest BCUT2D eigenvalue weighted by Gasteiger charge is -2.34. The highest BCUT2D eigenvalue weighted by molar-refractivity contribution is 6.30.